The number of piperidine rings is 1. The van der Waals surface area contributed by atoms with E-state index < -0.39 is 0 Å². The molecular weight excluding hydrogens is 279 g/mol. The Labute approximate surface area is 133 Å². The summed E-state index contributed by atoms with van der Waals surface area (Å²) >= 11 is 0. The maximum absolute atomic E-state index is 12.9. The van der Waals surface area contributed by atoms with Crippen LogP contribution >= 0.6 is 0 Å². The Morgan fingerprint density at radius 2 is 1.86 bits per heavy atom. The average molecular weight is 308 g/mol. The fraction of sp³-hybridized carbons (Fsp3) is 0.667. The van der Waals surface area contributed by atoms with Gasteiger partial charge in [-0.2, -0.15) is 0 Å². The van der Waals surface area contributed by atoms with Crippen molar-refractivity contribution in [3.63, 3.8) is 0 Å². The van der Waals surface area contributed by atoms with Gasteiger partial charge < -0.3 is 15.3 Å². The predicted octanol–water partition coefficient (Wildman–Crippen LogP) is 2.44. The minimum absolute atomic E-state index is 0.167. The summed E-state index contributed by atoms with van der Waals surface area (Å²) in [4.78, 5) is 2.47. The SMILES string of the molecule is CC(C)C(O)CNC1CCN(CCc2ccc(F)cc2)CC1. The van der Waals surface area contributed by atoms with Crippen LogP contribution in [-0.2, 0) is 6.42 Å². The Balaban J connectivity index is 1.63. The summed E-state index contributed by atoms with van der Waals surface area (Å²) in [6.45, 7) is 8.01. The number of rotatable bonds is 7. The van der Waals surface area contributed by atoms with E-state index in [9.17, 15) is 9.50 Å². The van der Waals surface area contributed by atoms with Crippen LogP contribution in [0.5, 0.6) is 0 Å². The zero-order chi connectivity index (χ0) is 15.9. The van der Waals surface area contributed by atoms with Crippen LogP contribution in [0.3, 0.4) is 0 Å². The highest BCUT2D eigenvalue weighted by molar-refractivity contribution is 5.16. The first-order valence-electron chi connectivity index (χ1n) is 8.43. The van der Waals surface area contributed by atoms with Gasteiger partial charge >= 0.3 is 0 Å². The van der Waals surface area contributed by atoms with E-state index >= 15 is 0 Å². The molecule has 1 heterocycles. The van der Waals surface area contributed by atoms with Gasteiger partial charge in [0.25, 0.3) is 0 Å². The lowest BCUT2D eigenvalue weighted by Gasteiger charge is -2.33. The molecular formula is C18H29FN2O. The van der Waals surface area contributed by atoms with Gasteiger partial charge in [-0.1, -0.05) is 26.0 Å². The first-order chi connectivity index (χ1) is 10.5. The summed E-state index contributed by atoms with van der Waals surface area (Å²) in [6, 6.07) is 7.33. The van der Waals surface area contributed by atoms with Crippen molar-refractivity contribution in [1.82, 2.24) is 10.2 Å². The summed E-state index contributed by atoms with van der Waals surface area (Å²) in [5.41, 5.74) is 1.20. The van der Waals surface area contributed by atoms with Crippen molar-refractivity contribution in [2.75, 3.05) is 26.2 Å². The Morgan fingerprint density at radius 3 is 2.45 bits per heavy atom. The largest absolute Gasteiger partial charge is 0.392 e. The van der Waals surface area contributed by atoms with E-state index in [1.54, 1.807) is 0 Å². The maximum atomic E-state index is 12.9. The summed E-state index contributed by atoms with van der Waals surface area (Å²) in [7, 11) is 0. The lowest BCUT2D eigenvalue weighted by atomic mass is 10.0. The van der Waals surface area contributed by atoms with Gasteiger partial charge in [0.1, 0.15) is 5.82 Å². The number of aliphatic hydroxyl groups is 1. The lowest BCUT2D eigenvalue weighted by Crippen LogP contribution is -2.45. The summed E-state index contributed by atoms with van der Waals surface area (Å²) < 4.78 is 12.9. The second kappa shape index (κ2) is 8.61. The quantitative estimate of drug-likeness (QED) is 0.812. The van der Waals surface area contributed by atoms with Crippen LogP contribution in [0.2, 0.25) is 0 Å². The molecule has 1 aliphatic heterocycles. The molecule has 1 saturated heterocycles. The van der Waals surface area contributed by atoms with E-state index in [1.165, 1.54) is 17.7 Å². The number of halogens is 1. The fourth-order valence-electron chi connectivity index (χ4n) is 2.82. The van der Waals surface area contributed by atoms with E-state index in [2.05, 4.69) is 10.2 Å². The molecule has 4 heteroatoms. The van der Waals surface area contributed by atoms with Gasteiger partial charge in [-0.05, 0) is 56.0 Å². The van der Waals surface area contributed by atoms with Crippen LogP contribution < -0.4 is 5.32 Å². The van der Waals surface area contributed by atoms with Crippen LogP contribution in [0, 0.1) is 11.7 Å². The van der Waals surface area contributed by atoms with Crippen molar-refractivity contribution < 1.29 is 9.50 Å². The molecule has 2 N–H and O–H groups in total. The van der Waals surface area contributed by atoms with E-state index in [0.29, 0.717) is 18.5 Å². The van der Waals surface area contributed by atoms with Gasteiger partial charge in [-0.15, -0.1) is 0 Å². The van der Waals surface area contributed by atoms with E-state index in [4.69, 9.17) is 0 Å². The number of aliphatic hydroxyl groups excluding tert-OH is 1. The van der Waals surface area contributed by atoms with Gasteiger partial charge in [-0.3, -0.25) is 0 Å². The monoisotopic (exact) mass is 308 g/mol. The number of hydrogen-bond donors (Lipinski definition) is 2. The molecule has 0 radical (unpaired) electrons. The molecule has 1 atom stereocenters. The van der Waals surface area contributed by atoms with Crippen molar-refractivity contribution in [3.05, 3.63) is 35.6 Å². The second-order valence-electron chi connectivity index (χ2n) is 6.71. The summed E-state index contributed by atoms with van der Waals surface area (Å²) in [5, 5.41) is 13.3. The minimum atomic E-state index is -0.253. The standard InChI is InChI=1S/C18H29FN2O/c1-14(2)18(22)13-20-17-8-11-21(12-9-17)10-7-15-3-5-16(19)6-4-15/h3-6,14,17-18,20,22H,7-13H2,1-2H3. The third-order valence-electron chi connectivity index (χ3n) is 4.60. The van der Waals surface area contributed by atoms with E-state index in [-0.39, 0.29) is 11.9 Å². The number of likely N-dealkylation sites (tertiary alicyclic amines) is 1. The molecule has 0 bridgehead atoms. The fourth-order valence-corrected chi connectivity index (χ4v) is 2.82. The van der Waals surface area contributed by atoms with Gasteiger partial charge in [-0.25, -0.2) is 4.39 Å². The Morgan fingerprint density at radius 1 is 1.23 bits per heavy atom. The topological polar surface area (TPSA) is 35.5 Å². The van der Waals surface area contributed by atoms with Crippen molar-refractivity contribution >= 4 is 0 Å². The maximum Gasteiger partial charge on any atom is 0.123 e. The number of benzene rings is 1. The zero-order valence-corrected chi connectivity index (χ0v) is 13.8. The van der Waals surface area contributed by atoms with Gasteiger partial charge in [0, 0.05) is 19.1 Å². The smallest absolute Gasteiger partial charge is 0.123 e. The van der Waals surface area contributed by atoms with Crippen molar-refractivity contribution in [1.29, 1.82) is 0 Å². The highest BCUT2D eigenvalue weighted by atomic mass is 19.1. The molecule has 124 valence electrons. The molecule has 1 unspecified atom stereocenters. The highest BCUT2D eigenvalue weighted by Crippen LogP contribution is 2.12. The van der Waals surface area contributed by atoms with Crippen LogP contribution in [0.25, 0.3) is 0 Å². The number of nitrogens with zero attached hydrogens (tertiary/aromatic N) is 1. The molecule has 1 aromatic rings. The molecule has 3 nitrogen and oxygen atoms in total. The Bertz CT molecular complexity index is 427. The molecule has 1 fully saturated rings. The second-order valence-corrected chi connectivity index (χ2v) is 6.71. The average Bonchev–Trinajstić information content (AvgIpc) is 2.53. The van der Waals surface area contributed by atoms with Gasteiger partial charge in [0.05, 0.1) is 6.10 Å². The first-order valence-corrected chi connectivity index (χ1v) is 8.43. The predicted molar refractivity (Wildman–Crippen MR) is 88.4 cm³/mol. The van der Waals surface area contributed by atoms with Gasteiger partial charge in [0.2, 0.25) is 0 Å². The number of nitrogens with one attached hydrogen (secondary N) is 1. The molecule has 2 rings (SSSR count). The summed E-state index contributed by atoms with van der Waals surface area (Å²) in [6.07, 6.45) is 2.99. The Kier molecular flexibility index (Phi) is 6.80. The molecule has 0 aromatic heterocycles. The van der Waals surface area contributed by atoms with Crippen molar-refractivity contribution in [2.24, 2.45) is 5.92 Å². The van der Waals surface area contributed by atoms with Crippen molar-refractivity contribution in [2.45, 2.75) is 45.3 Å². The van der Waals surface area contributed by atoms with Crippen LogP contribution in [0.4, 0.5) is 4.39 Å². The highest BCUT2D eigenvalue weighted by Gasteiger charge is 2.19. The number of hydrogen-bond acceptors (Lipinski definition) is 3. The molecule has 0 saturated carbocycles. The van der Waals surface area contributed by atoms with Gasteiger partial charge in [0.15, 0.2) is 0 Å². The van der Waals surface area contributed by atoms with E-state index in [1.807, 2.05) is 26.0 Å². The summed E-state index contributed by atoms with van der Waals surface area (Å²) in [5.74, 6) is 0.141. The molecule has 1 aromatic carbocycles. The third kappa shape index (κ3) is 5.67. The first kappa shape index (κ1) is 17.4. The normalized spacial score (nSPS) is 18.8. The lowest BCUT2D eigenvalue weighted by molar-refractivity contribution is 0.112. The molecule has 0 aliphatic carbocycles. The third-order valence-corrected chi connectivity index (χ3v) is 4.60. The minimum Gasteiger partial charge on any atom is -0.392 e. The van der Waals surface area contributed by atoms with Crippen LogP contribution in [-0.4, -0.2) is 48.3 Å². The van der Waals surface area contributed by atoms with Crippen molar-refractivity contribution in [3.8, 4) is 0 Å². The molecule has 0 spiro atoms. The van der Waals surface area contributed by atoms with Crippen LogP contribution in [0.1, 0.15) is 32.3 Å². The van der Waals surface area contributed by atoms with Crippen LogP contribution in [0.15, 0.2) is 24.3 Å². The molecule has 22 heavy (non-hydrogen) atoms. The zero-order valence-electron chi connectivity index (χ0n) is 13.8. The molecule has 1 aliphatic rings. The Hall–Kier alpha value is -0.970. The van der Waals surface area contributed by atoms with E-state index in [0.717, 1.165) is 38.9 Å². The molecule has 0 amide bonds.